The van der Waals surface area contributed by atoms with Gasteiger partial charge in [0.1, 0.15) is 16.8 Å². The van der Waals surface area contributed by atoms with Crippen molar-refractivity contribution in [3.05, 3.63) is 23.4 Å². The molecule has 0 bridgehead atoms. The van der Waals surface area contributed by atoms with Gasteiger partial charge in [0.25, 0.3) is 0 Å². The van der Waals surface area contributed by atoms with E-state index < -0.39 is 0 Å². The fourth-order valence-electron chi connectivity index (χ4n) is 4.48. The summed E-state index contributed by atoms with van der Waals surface area (Å²) in [7, 11) is 0. The molecule has 2 aromatic rings. The number of nitrogens with zero attached hydrogens (tertiary/aromatic N) is 4. The quantitative estimate of drug-likeness (QED) is 0.619. The molecule has 1 saturated carbocycles. The first-order valence-electron chi connectivity index (χ1n) is 10.4. The number of nitrogen functional groups attached to an aromatic ring is 1. The lowest BCUT2D eigenvalue weighted by Gasteiger charge is -2.34. The van der Waals surface area contributed by atoms with E-state index in [2.05, 4.69) is 34.0 Å². The minimum Gasteiger partial charge on any atom is -0.396 e. The van der Waals surface area contributed by atoms with Gasteiger partial charge in [0.15, 0.2) is 0 Å². The van der Waals surface area contributed by atoms with Gasteiger partial charge in [-0.05, 0) is 43.7 Å². The van der Waals surface area contributed by atoms with Crippen molar-refractivity contribution >= 4 is 29.2 Å². The van der Waals surface area contributed by atoms with Crippen LogP contribution in [0, 0.1) is 11.8 Å². The van der Waals surface area contributed by atoms with Gasteiger partial charge in [-0.15, -0.1) is 0 Å². The van der Waals surface area contributed by atoms with Crippen molar-refractivity contribution in [2.24, 2.45) is 11.8 Å². The minimum atomic E-state index is -0.242. The first-order chi connectivity index (χ1) is 14.4. The molecule has 0 radical (unpaired) electrons. The number of aliphatic hydroxyl groups excluding tert-OH is 1. The number of anilines is 3. The molecule has 3 unspecified atom stereocenters. The van der Waals surface area contributed by atoms with Gasteiger partial charge in [0.05, 0.1) is 24.5 Å². The fourth-order valence-corrected chi connectivity index (χ4v) is 4.75. The van der Waals surface area contributed by atoms with Crippen LogP contribution >= 0.6 is 11.6 Å². The van der Waals surface area contributed by atoms with Crippen molar-refractivity contribution in [3.63, 3.8) is 0 Å². The van der Waals surface area contributed by atoms with Gasteiger partial charge in [-0.3, -0.25) is 0 Å². The van der Waals surface area contributed by atoms with Gasteiger partial charge in [-0.25, -0.2) is 9.97 Å². The summed E-state index contributed by atoms with van der Waals surface area (Å²) in [5.41, 5.74) is 7.02. The number of aromatic nitrogens is 3. The molecule has 9 heteroatoms. The van der Waals surface area contributed by atoms with E-state index in [0.717, 1.165) is 31.7 Å². The van der Waals surface area contributed by atoms with Crippen LogP contribution in [-0.2, 0) is 4.74 Å². The van der Waals surface area contributed by atoms with Crippen LogP contribution in [0.25, 0.3) is 11.3 Å². The van der Waals surface area contributed by atoms with Gasteiger partial charge >= 0.3 is 0 Å². The predicted molar refractivity (Wildman–Crippen MR) is 119 cm³/mol. The molecule has 1 saturated heterocycles. The zero-order valence-electron chi connectivity index (χ0n) is 17.4. The summed E-state index contributed by atoms with van der Waals surface area (Å²) >= 11 is 6.55. The Kier molecular flexibility index (Phi) is 5.99. The van der Waals surface area contributed by atoms with Gasteiger partial charge in [0, 0.05) is 25.2 Å². The van der Waals surface area contributed by atoms with E-state index >= 15 is 0 Å². The Balaban J connectivity index is 1.71. The number of rotatable bonds is 5. The smallest absolute Gasteiger partial charge is 0.223 e. The molecule has 1 aliphatic carbocycles. The van der Waals surface area contributed by atoms with Gasteiger partial charge in [-0.2, -0.15) is 4.98 Å². The maximum Gasteiger partial charge on any atom is 0.223 e. The average Bonchev–Trinajstić information content (AvgIpc) is 3.02. The highest BCUT2D eigenvalue weighted by molar-refractivity contribution is 6.32. The summed E-state index contributed by atoms with van der Waals surface area (Å²) in [5.74, 6) is 2.08. The lowest BCUT2D eigenvalue weighted by atomic mass is 9.86. The summed E-state index contributed by atoms with van der Waals surface area (Å²) in [6.07, 6.45) is 1.87. The number of ether oxygens (including phenoxy) is 1. The lowest BCUT2D eigenvalue weighted by molar-refractivity contribution is 0.122. The normalized spacial score (nSPS) is 26.7. The second kappa shape index (κ2) is 8.53. The van der Waals surface area contributed by atoms with Crippen molar-refractivity contribution in [3.8, 4) is 11.3 Å². The molecule has 162 valence electrons. The molecule has 30 heavy (non-hydrogen) atoms. The van der Waals surface area contributed by atoms with Crippen LogP contribution in [0.4, 0.5) is 17.6 Å². The number of hydrogen-bond acceptors (Lipinski definition) is 8. The Morgan fingerprint density at radius 1 is 1.30 bits per heavy atom. The number of halogens is 1. The lowest BCUT2D eigenvalue weighted by Crippen LogP contribution is -2.40. The molecule has 2 aliphatic rings. The molecular weight excluding hydrogens is 404 g/mol. The van der Waals surface area contributed by atoms with Crippen LogP contribution in [-0.4, -0.2) is 58.5 Å². The topological polar surface area (TPSA) is 109 Å². The van der Waals surface area contributed by atoms with Crippen LogP contribution in [0.3, 0.4) is 0 Å². The first-order valence-corrected chi connectivity index (χ1v) is 10.8. The highest BCUT2D eigenvalue weighted by atomic mass is 35.5. The second-order valence-corrected chi connectivity index (χ2v) is 8.75. The van der Waals surface area contributed by atoms with E-state index in [1.165, 1.54) is 0 Å². The van der Waals surface area contributed by atoms with Gasteiger partial charge in [0.2, 0.25) is 5.95 Å². The van der Waals surface area contributed by atoms with Crippen molar-refractivity contribution in [2.75, 3.05) is 48.9 Å². The molecule has 0 amide bonds. The van der Waals surface area contributed by atoms with Gasteiger partial charge < -0.3 is 25.8 Å². The summed E-state index contributed by atoms with van der Waals surface area (Å²) in [5, 5.41) is 13.5. The van der Waals surface area contributed by atoms with Gasteiger partial charge in [-0.1, -0.05) is 24.6 Å². The summed E-state index contributed by atoms with van der Waals surface area (Å²) < 4.78 is 5.45. The molecule has 1 aliphatic heterocycles. The van der Waals surface area contributed by atoms with Crippen LogP contribution in [0.1, 0.15) is 26.7 Å². The van der Waals surface area contributed by atoms with E-state index in [1.54, 1.807) is 0 Å². The maximum atomic E-state index is 9.69. The van der Waals surface area contributed by atoms with Crippen LogP contribution in [0.5, 0.6) is 0 Å². The average molecular weight is 433 g/mol. The Morgan fingerprint density at radius 2 is 2.07 bits per heavy atom. The summed E-state index contributed by atoms with van der Waals surface area (Å²) in [4.78, 5) is 15.7. The number of aliphatic hydroxyl groups is 1. The monoisotopic (exact) mass is 432 g/mol. The molecule has 3 atom stereocenters. The fraction of sp³-hybridized carbons (Fsp3) is 0.571. The Morgan fingerprint density at radius 3 is 2.77 bits per heavy atom. The maximum absolute atomic E-state index is 9.69. The highest BCUT2D eigenvalue weighted by Gasteiger charge is 2.42. The van der Waals surface area contributed by atoms with Crippen LogP contribution in [0.2, 0.25) is 5.15 Å². The van der Waals surface area contributed by atoms with E-state index in [-0.39, 0.29) is 35.1 Å². The number of pyridine rings is 1. The van der Waals surface area contributed by atoms with E-state index in [4.69, 9.17) is 27.1 Å². The van der Waals surface area contributed by atoms with Crippen LogP contribution in [0.15, 0.2) is 18.2 Å². The third kappa shape index (κ3) is 4.04. The second-order valence-electron chi connectivity index (χ2n) is 8.39. The molecule has 2 aromatic heterocycles. The Bertz CT molecular complexity index is 907. The van der Waals surface area contributed by atoms with E-state index in [0.29, 0.717) is 30.3 Å². The zero-order valence-corrected chi connectivity index (χ0v) is 18.2. The van der Waals surface area contributed by atoms with Crippen molar-refractivity contribution < 1.29 is 9.84 Å². The number of nitrogens with two attached hydrogens (primary N) is 1. The largest absolute Gasteiger partial charge is 0.396 e. The summed E-state index contributed by atoms with van der Waals surface area (Å²) in [6.45, 7) is 7.46. The minimum absolute atomic E-state index is 0.114. The predicted octanol–water partition coefficient (Wildman–Crippen LogP) is 2.82. The summed E-state index contributed by atoms with van der Waals surface area (Å²) in [6, 6.07) is 5.86. The molecule has 0 spiro atoms. The standard InChI is InChI=1S/C21H29ClN6O2/c1-13-14(12-29)6-7-21(13,2)27-19-17(18(22)25-20(23)26-19)15-4-3-5-16(24-15)28-8-10-30-11-9-28/h3-5,13-14,29H,6-12H2,1-2H3,(H3,23,25,26,27). The molecule has 3 heterocycles. The SMILES string of the molecule is CC1C(CO)CCC1(C)Nc1nc(N)nc(Cl)c1-c1cccc(N2CCOCC2)n1. The molecule has 2 fully saturated rings. The Labute approximate surface area is 181 Å². The molecule has 4 N–H and O–H groups in total. The molecule has 8 nitrogen and oxygen atoms in total. The van der Waals surface area contributed by atoms with E-state index in [1.807, 2.05) is 18.2 Å². The highest BCUT2D eigenvalue weighted by Crippen LogP contribution is 2.43. The molecule has 0 aromatic carbocycles. The zero-order chi connectivity index (χ0) is 21.3. The van der Waals surface area contributed by atoms with Crippen molar-refractivity contribution in [2.45, 2.75) is 32.2 Å². The van der Waals surface area contributed by atoms with E-state index in [9.17, 15) is 5.11 Å². The van der Waals surface area contributed by atoms with Crippen LogP contribution < -0.4 is 16.0 Å². The molecule has 4 rings (SSSR count). The number of nitrogens with one attached hydrogen (secondary N) is 1. The number of morpholine rings is 1. The molecular formula is C21H29ClN6O2. The Hall–Kier alpha value is -2.16. The van der Waals surface area contributed by atoms with Crippen molar-refractivity contribution in [1.82, 2.24) is 15.0 Å². The van der Waals surface area contributed by atoms with Crippen molar-refractivity contribution in [1.29, 1.82) is 0 Å². The third-order valence-corrected chi connectivity index (χ3v) is 6.87. The third-order valence-electron chi connectivity index (χ3n) is 6.59. The number of hydrogen-bond donors (Lipinski definition) is 3. The first kappa shape index (κ1) is 21.1.